The zero-order chi connectivity index (χ0) is 19.2. The third-order valence-electron chi connectivity index (χ3n) is 3.65. The minimum absolute atomic E-state index is 0.157. The van der Waals surface area contributed by atoms with Crippen LogP contribution in [0.5, 0.6) is 0 Å². The van der Waals surface area contributed by atoms with Crippen molar-refractivity contribution in [3.63, 3.8) is 0 Å². The third-order valence-corrected chi connectivity index (χ3v) is 4.54. The van der Waals surface area contributed by atoms with E-state index in [0.29, 0.717) is 16.3 Å². The number of rotatable bonds is 5. The highest BCUT2D eigenvalue weighted by Gasteiger charge is 2.21. The first-order valence-electron chi connectivity index (χ1n) is 8.10. The molecule has 0 bridgehead atoms. The van der Waals surface area contributed by atoms with Gasteiger partial charge in [-0.05, 0) is 25.1 Å². The van der Waals surface area contributed by atoms with Crippen molar-refractivity contribution in [3.8, 4) is 16.6 Å². The second-order valence-electron chi connectivity index (χ2n) is 5.63. The fraction of sp³-hybridized carbons (Fsp3) is 0.100. The van der Waals surface area contributed by atoms with E-state index in [1.807, 2.05) is 36.4 Å². The van der Waals surface area contributed by atoms with Crippen LogP contribution in [0.2, 0.25) is 0 Å². The molecule has 7 heteroatoms. The summed E-state index contributed by atoms with van der Waals surface area (Å²) in [6.07, 6.45) is -1.01. The SMILES string of the molecule is C[C@H](OC(=O)c1csc(-c2ccccc2)n1)C(=O)Nc1cccc(C#N)c1. The van der Waals surface area contributed by atoms with Gasteiger partial charge in [0.05, 0.1) is 11.6 Å². The maximum absolute atomic E-state index is 12.3. The van der Waals surface area contributed by atoms with Crippen LogP contribution in [0.25, 0.3) is 10.6 Å². The summed E-state index contributed by atoms with van der Waals surface area (Å²) in [4.78, 5) is 28.7. The number of carbonyl (C=O) groups is 2. The van der Waals surface area contributed by atoms with Gasteiger partial charge < -0.3 is 10.1 Å². The number of nitrogens with zero attached hydrogens (tertiary/aromatic N) is 2. The molecule has 0 saturated heterocycles. The Kier molecular flexibility index (Phi) is 5.59. The lowest BCUT2D eigenvalue weighted by atomic mass is 10.2. The molecule has 0 aliphatic heterocycles. The Balaban J connectivity index is 1.62. The molecule has 27 heavy (non-hydrogen) atoms. The van der Waals surface area contributed by atoms with Crippen LogP contribution in [0.4, 0.5) is 5.69 Å². The molecule has 0 radical (unpaired) electrons. The molecule has 2 aromatic carbocycles. The summed E-state index contributed by atoms with van der Waals surface area (Å²) in [6, 6.07) is 18.0. The Labute approximate surface area is 160 Å². The Hall–Kier alpha value is -3.50. The predicted octanol–water partition coefficient (Wildman–Crippen LogP) is 3.87. The number of thiazole rings is 1. The van der Waals surface area contributed by atoms with E-state index in [9.17, 15) is 9.59 Å². The van der Waals surface area contributed by atoms with E-state index in [-0.39, 0.29) is 5.69 Å². The minimum atomic E-state index is -1.01. The van der Waals surface area contributed by atoms with Crippen LogP contribution >= 0.6 is 11.3 Å². The number of aromatic nitrogens is 1. The zero-order valence-electron chi connectivity index (χ0n) is 14.4. The third kappa shape index (κ3) is 4.57. The molecule has 0 unspecified atom stereocenters. The molecule has 0 fully saturated rings. The summed E-state index contributed by atoms with van der Waals surface area (Å²) >= 11 is 1.33. The van der Waals surface area contributed by atoms with E-state index < -0.39 is 18.0 Å². The standard InChI is InChI=1S/C20H15N3O3S/c1-13(18(24)22-16-9-5-6-14(10-16)11-21)26-20(25)17-12-27-19(23-17)15-7-3-2-4-8-15/h2-10,12-13H,1H3,(H,22,24)/t13-/m0/s1. The molecule has 1 N–H and O–H groups in total. The highest BCUT2D eigenvalue weighted by atomic mass is 32.1. The maximum Gasteiger partial charge on any atom is 0.358 e. The molecular formula is C20H15N3O3S. The van der Waals surface area contributed by atoms with Gasteiger partial charge in [-0.25, -0.2) is 9.78 Å². The summed E-state index contributed by atoms with van der Waals surface area (Å²) in [5, 5.41) is 13.8. The molecule has 1 amide bonds. The number of carbonyl (C=O) groups excluding carboxylic acids is 2. The molecule has 0 aliphatic rings. The van der Waals surface area contributed by atoms with Gasteiger partial charge in [0.2, 0.25) is 0 Å². The fourth-order valence-corrected chi connectivity index (χ4v) is 3.06. The first-order chi connectivity index (χ1) is 13.1. The molecule has 0 saturated carbocycles. The van der Waals surface area contributed by atoms with Crippen LogP contribution < -0.4 is 5.32 Å². The summed E-state index contributed by atoms with van der Waals surface area (Å²) in [6.45, 7) is 1.48. The van der Waals surface area contributed by atoms with Crippen LogP contribution in [-0.4, -0.2) is 23.0 Å². The quantitative estimate of drug-likeness (QED) is 0.682. The molecule has 3 aromatic rings. The topological polar surface area (TPSA) is 92.1 Å². The Morgan fingerprint density at radius 2 is 1.96 bits per heavy atom. The first-order valence-corrected chi connectivity index (χ1v) is 8.98. The average molecular weight is 377 g/mol. The van der Waals surface area contributed by atoms with E-state index >= 15 is 0 Å². The predicted molar refractivity (Wildman–Crippen MR) is 102 cm³/mol. The van der Waals surface area contributed by atoms with Crippen molar-refractivity contribution in [3.05, 3.63) is 71.2 Å². The summed E-state index contributed by atoms with van der Waals surface area (Å²) in [5.41, 5.74) is 1.95. The van der Waals surface area contributed by atoms with Crippen molar-refractivity contribution in [1.82, 2.24) is 4.98 Å². The van der Waals surface area contributed by atoms with Crippen molar-refractivity contribution in [2.24, 2.45) is 0 Å². The molecule has 134 valence electrons. The number of nitriles is 1. The second-order valence-corrected chi connectivity index (χ2v) is 6.49. The van der Waals surface area contributed by atoms with Gasteiger partial charge in [0.15, 0.2) is 11.8 Å². The van der Waals surface area contributed by atoms with Crippen LogP contribution in [0.1, 0.15) is 23.0 Å². The van der Waals surface area contributed by atoms with Crippen LogP contribution in [0.15, 0.2) is 60.0 Å². The van der Waals surface area contributed by atoms with Crippen LogP contribution in [-0.2, 0) is 9.53 Å². The highest BCUT2D eigenvalue weighted by molar-refractivity contribution is 7.13. The highest BCUT2D eigenvalue weighted by Crippen LogP contribution is 2.23. The normalized spacial score (nSPS) is 11.3. The van der Waals surface area contributed by atoms with E-state index in [4.69, 9.17) is 10.00 Å². The van der Waals surface area contributed by atoms with Crippen molar-refractivity contribution in [2.75, 3.05) is 5.32 Å². The maximum atomic E-state index is 12.3. The van der Waals surface area contributed by atoms with Crippen molar-refractivity contribution in [1.29, 1.82) is 5.26 Å². The van der Waals surface area contributed by atoms with E-state index in [0.717, 1.165) is 5.56 Å². The first kappa shape index (κ1) is 18.3. The zero-order valence-corrected chi connectivity index (χ0v) is 15.2. The van der Waals surface area contributed by atoms with E-state index in [1.165, 1.54) is 18.3 Å². The van der Waals surface area contributed by atoms with Gasteiger partial charge in [0.25, 0.3) is 5.91 Å². The van der Waals surface area contributed by atoms with Gasteiger partial charge in [-0.15, -0.1) is 11.3 Å². The van der Waals surface area contributed by atoms with Crippen molar-refractivity contribution >= 4 is 28.9 Å². The lowest BCUT2D eigenvalue weighted by molar-refractivity contribution is -0.123. The molecule has 0 aliphatic carbocycles. The van der Waals surface area contributed by atoms with Crippen molar-refractivity contribution in [2.45, 2.75) is 13.0 Å². The molecule has 0 spiro atoms. The molecule has 6 nitrogen and oxygen atoms in total. The second kappa shape index (κ2) is 8.25. The molecular weight excluding hydrogens is 362 g/mol. The summed E-state index contributed by atoms with van der Waals surface area (Å²) in [5.74, 6) is -1.15. The average Bonchev–Trinajstić information content (AvgIpc) is 3.19. The van der Waals surface area contributed by atoms with Gasteiger partial charge in [-0.1, -0.05) is 36.4 Å². The number of ether oxygens (including phenoxy) is 1. The smallest absolute Gasteiger partial charge is 0.358 e. The number of benzene rings is 2. The van der Waals surface area contributed by atoms with Gasteiger partial charge >= 0.3 is 5.97 Å². The fourth-order valence-electron chi connectivity index (χ4n) is 2.27. The summed E-state index contributed by atoms with van der Waals surface area (Å²) < 4.78 is 5.20. The minimum Gasteiger partial charge on any atom is -0.448 e. The Morgan fingerprint density at radius 1 is 1.19 bits per heavy atom. The van der Waals surface area contributed by atoms with Crippen molar-refractivity contribution < 1.29 is 14.3 Å². The van der Waals surface area contributed by atoms with Gasteiger partial charge in [0, 0.05) is 16.6 Å². The Morgan fingerprint density at radius 3 is 2.70 bits per heavy atom. The molecule has 1 heterocycles. The number of nitrogens with one attached hydrogen (secondary N) is 1. The van der Waals surface area contributed by atoms with Gasteiger partial charge in [0.1, 0.15) is 5.01 Å². The van der Waals surface area contributed by atoms with E-state index in [2.05, 4.69) is 10.3 Å². The van der Waals surface area contributed by atoms with Gasteiger partial charge in [-0.2, -0.15) is 5.26 Å². The van der Waals surface area contributed by atoms with Crippen LogP contribution in [0.3, 0.4) is 0 Å². The lowest BCUT2D eigenvalue weighted by Crippen LogP contribution is -2.30. The monoisotopic (exact) mass is 377 g/mol. The molecule has 1 aromatic heterocycles. The summed E-state index contributed by atoms with van der Waals surface area (Å²) in [7, 11) is 0. The number of esters is 1. The number of hydrogen-bond acceptors (Lipinski definition) is 6. The van der Waals surface area contributed by atoms with E-state index in [1.54, 1.807) is 29.6 Å². The number of amides is 1. The molecule has 1 atom stereocenters. The lowest BCUT2D eigenvalue weighted by Gasteiger charge is -2.12. The Bertz CT molecular complexity index is 1010. The number of hydrogen-bond donors (Lipinski definition) is 1. The largest absolute Gasteiger partial charge is 0.448 e. The number of anilines is 1. The molecule has 3 rings (SSSR count). The van der Waals surface area contributed by atoms with Gasteiger partial charge in [-0.3, -0.25) is 4.79 Å². The van der Waals surface area contributed by atoms with Crippen LogP contribution in [0, 0.1) is 11.3 Å².